The topological polar surface area (TPSA) is 98.8 Å². The molecule has 4 rings (SSSR count). The minimum absolute atomic E-state index is 0.224. The number of benzene rings is 2. The van der Waals surface area contributed by atoms with E-state index in [0.29, 0.717) is 33.6 Å². The number of anilines is 2. The van der Waals surface area contributed by atoms with Gasteiger partial charge in [-0.05, 0) is 53.9 Å². The molecule has 0 unspecified atom stereocenters. The molecule has 0 atom stereocenters. The zero-order valence-electron chi connectivity index (χ0n) is 18.4. The first kappa shape index (κ1) is 23.3. The van der Waals surface area contributed by atoms with Crippen LogP contribution in [0.5, 0.6) is 17.2 Å². The summed E-state index contributed by atoms with van der Waals surface area (Å²) in [7, 11) is 3.04. The van der Waals surface area contributed by atoms with Crippen molar-refractivity contribution in [2.75, 3.05) is 31.5 Å². The number of hydrogen-bond acceptors (Lipinski definition) is 8. The van der Waals surface area contributed by atoms with Crippen LogP contribution in [0.1, 0.15) is 10.4 Å². The van der Waals surface area contributed by atoms with Crippen molar-refractivity contribution in [1.82, 2.24) is 4.98 Å². The number of thiazole rings is 1. The molecule has 2 heterocycles. The van der Waals surface area contributed by atoms with Gasteiger partial charge in [-0.1, -0.05) is 6.07 Å². The van der Waals surface area contributed by atoms with E-state index >= 15 is 0 Å². The molecule has 2 N–H and O–H groups in total. The van der Waals surface area contributed by atoms with Crippen molar-refractivity contribution in [3.8, 4) is 27.8 Å². The van der Waals surface area contributed by atoms with Crippen molar-refractivity contribution in [1.29, 1.82) is 0 Å². The summed E-state index contributed by atoms with van der Waals surface area (Å²) in [6.45, 7) is -0.224. The lowest BCUT2D eigenvalue weighted by Gasteiger charge is -2.12. The van der Waals surface area contributed by atoms with Gasteiger partial charge in [0, 0.05) is 16.6 Å². The molecule has 0 spiro atoms. The molecule has 174 valence electrons. The maximum atomic E-state index is 12.7. The second-order valence-corrected chi connectivity index (χ2v) is 8.71. The highest BCUT2D eigenvalue weighted by atomic mass is 32.1. The summed E-state index contributed by atoms with van der Waals surface area (Å²) < 4.78 is 16.1. The van der Waals surface area contributed by atoms with Gasteiger partial charge in [-0.25, -0.2) is 4.98 Å². The second-order valence-electron chi connectivity index (χ2n) is 6.90. The highest BCUT2D eigenvalue weighted by molar-refractivity contribution is 7.16. The third-order valence-electron chi connectivity index (χ3n) is 4.66. The molecule has 2 aromatic heterocycles. The Kier molecular flexibility index (Phi) is 7.41. The standard InChI is InChI=1S/C24H21N3O5S2/c1-30-17-8-6-16(7-9-17)25-22(28)13-32-19-10-5-15(12-20(19)31-2)23(29)27-24-26-18(14-34-24)21-4-3-11-33-21/h3-12,14H,13H2,1-2H3,(H,25,28)(H,26,27,29). The smallest absolute Gasteiger partial charge is 0.262 e. The molecule has 0 aliphatic rings. The zero-order valence-corrected chi connectivity index (χ0v) is 20.0. The maximum Gasteiger partial charge on any atom is 0.262 e. The number of carbonyl (C=O) groups excluding carboxylic acids is 2. The average molecular weight is 496 g/mol. The van der Waals surface area contributed by atoms with Crippen LogP contribution in [0.2, 0.25) is 0 Å². The van der Waals surface area contributed by atoms with E-state index in [1.165, 1.54) is 18.4 Å². The molecule has 10 heteroatoms. The molecule has 2 aromatic carbocycles. The van der Waals surface area contributed by atoms with Crippen LogP contribution in [0.25, 0.3) is 10.6 Å². The lowest BCUT2D eigenvalue weighted by molar-refractivity contribution is -0.118. The molecular formula is C24H21N3O5S2. The number of methoxy groups -OCH3 is 2. The normalized spacial score (nSPS) is 10.4. The molecule has 0 saturated heterocycles. The summed E-state index contributed by atoms with van der Waals surface area (Å²) in [5.41, 5.74) is 1.82. The first-order valence-corrected chi connectivity index (χ1v) is 11.9. The fourth-order valence-electron chi connectivity index (χ4n) is 2.98. The Hall–Kier alpha value is -3.89. The third kappa shape index (κ3) is 5.72. The molecular weight excluding hydrogens is 474 g/mol. The quantitative estimate of drug-likeness (QED) is 0.333. The fraction of sp³-hybridized carbons (Fsp3) is 0.125. The third-order valence-corrected chi connectivity index (χ3v) is 6.31. The van der Waals surface area contributed by atoms with Crippen molar-refractivity contribution in [2.24, 2.45) is 0 Å². The van der Waals surface area contributed by atoms with Crippen molar-refractivity contribution < 1.29 is 23.8 Å². The second kappa shape index (κ2) is 10.8. The van der Waals surface area contributed by atoms with E-state index in [4.69, 9.17) is 14.2 Å². The number of ether oxygens (including phenoxy) is 3. The number of nitrogens with zero attached hydrogens (tertiary/aromatic N) is 1. The van der Waals surface area contributed by atoms with Gasteiger partial charge in [0.15, 0.2) is 23.2 Å². The molecule has 0 fully saturated rings. The van der Waals surface area contributed by atoms with Crippen LogP contribution >= 0.6 is 22.7 Å². The summed E-state index contributed by atoms with van der Waals surface area (Å²) in [4.78, 5) is 30.4. The molecule has 0 saturated carbocycles. The Morgan fingerprint density at radius 2 is 1.76 bits per heavy atom. The lowest BCUT2D eigenvalue weighted by atomic mass is 10.2. The van der Waals surface area contributed by atoms with Gasteiger partial charge in [-0.15, -0.1) is 22.7 Å². The monoisotopic (exact) mass is 495 g/mol. The van der Waals surface area contributed by atoms with Crippen LogP contribution < -0.4 is 24.8 Å². The van der Waals surface area contributed by atoms with Crippen LogP contribution in [0.3, 0.4) is 0 Å². The van der Waals surface area contributed by atoms with Crippen LogP contribution in [-0.2, 0) is 4.79 Å². The Morgan fingerprint density at radius 3 is 2.47 bits per heavy atom. The van der Waals surface area contributed by atoms with E-state index in [9.17, 15) is 9.59 Å². The van der Waals surface area contributed by atoms with Gasteiger partial charge in [-0.2, -0.15) is 0 Å². The van der Waals surface area contributed by atoms with Crippen LogP contribution in [0.4, 0.5) is 10.8 Å². The number of rotatable bonds is 9. The van der Waals surface area contributed by atoms with Crippen molar-refractivity contribution in [2.45, 2.75) is 0 Å². The van der Waals surface area contributed by atoms with Crippen molar-refractivity contribution >= 4 is 45.3 Å². The van der Waals surface area contributed by atoms with E-state index in [2.05, 4.69) is 15.6 Å². The highest BCUT2D eigenvalue weighted by Gasteiger charge is 2.15. The van der Waals surface area contributed by atoms with Gasteiger partial charge < -0.3 is 19.5 Å². The Morgan fingerprint density at radius 1 is 0.941 bits per heavy atom. The lowest BCUT2D eigenvalue weighted by Crippen LogP contribution is -2.20. The fourth-order valence-corrected chi connectivity index (χ4v) is 4.45. The summed E-state index contributed by atoms with van der Waals surface area (Å²) in [5, 5.41) is 9.92. The summed E-state index contributed by atoms with van der Waals surface area (Å²) in [6.07, 6.45) is 0. The number of aromatic nitrogens is 1. The van der Waals surface area contributed by atoms with E-state index in [0.717, 1.165) is 10.6 Å². The van der Waals surface area contributed by atoms with Gasteiger partial charge >= 0.3 is 0 Å². The highest BCUT2D eigenvalue weighted by Crippen LogP contribution is 2.30. The zero-order chi connectivity index (χ0) is 23.9. The molecule has 8 nitrogen and oxygen atoms in total. The van der Waals surface area contributed by atoms with Gasteiger partial charge in [-0.3, -0.25) is 14.9 Å². The largest absolute Gasteiger partial charge is 0.497 e. The molecule has 0 bridgehead atoms. The number of nitrogens with one attached hydrogen (secondary N) is 2. The van der Waals surface area contributed by atoms with Crippen LogP contribution in [-0.4, -0.2) is 37.6 Å². The molecule has 0 aliphatic heterocycles. The minimum Gasteiger partial charge on any atom is -0.497 e. The van der Waals surface area contributed by atoms with Crippen molar-refractivity contribution in [3.63, 3.8) is 0 Å². The van der Waals surface area contributed by atoms with Gasteiger partial charge in [0.2, 0.25) is 0 Å². The predicted molar refractivity (Wildman–Crippen MR) is 133 cm³/mol. The molecule has 4 aromatic rings. The maximum absolute atomic E-state index is 12.7. The van der Waals surface area contributed by atoms with E-state index in [1.807, 2.05) is 22.9 Å². The van der Waals surface area contributed by atoms with Gasteiger partial charge in [0.25, 0.3) is 11.8 Å². The summed E-state index contributed by atoms with van der Waals surface area (Å²) in [5.74, 6) is 0.718. The summed E-state index contributed by atoms with van der Waals surface area (Å²) >= 11 is 2.94. The van der Waals surface area contributed by atoms with Crippen LogP contribution in [0.15, 0.2) is 65.4 Å². The number of hydrogen-bond donors (Lipinski definition) is 2. The predicted octanol–water partition coefficient (Wildman–Crippen LogP) is 5.16. The Balaban J connectivity index is 1.36. The minimum atomic E-state index is -0.334. The first-order valence-electron chi connectivity index (χ1n) is 10.1. The Labute approximate surface area is 204 Å². The number of thiophene rings is 1. The van der Waals surface area contributed by atoms with Crippen LogP contribution in [0, 0.1) is 0 Å². The van der Waals surface area contributed by atoms with E-state index in [-0.39, 0.29) is 18.4 Å². The molecule has 34 heavy (non-hydrogen) atoms. The Bertz CT molecular complexity index is 1270. The molecule has 2 amide bonds. The van der Waals surface area contributed by atoms with Gasteiger partial charge in [0.05, 0.1) is 24.8 Å². The van der Waals surface area contributed by atoms with Gasteiger partial charge in [0.1, 0.15) is 5.75 Å². The summed E-state index contributed by atoms with van der Waals surface area (Å²) in [6, 6.07) is 15.6. The number of carbonyl (C=O) groups is 2. The number of amides is 2. The molecule has 0 aliphatic carbocycles. The SMILES string of the molecule is COc1ccc(NC(=O)COc2ccc(C(=O)Nc3nc(-c4cccs4)cs3)cc2OC)cc1. The molecule has 0 radical (unpaired) electrons. The average Bonchev–Trinajstić information content (AvgIpc) is 3.55. The van der Waals surface area contributed by atoms with E-state index in [1.54, 1.807) is 60.9 Å². The van der Waals surface area contributed by atoms with E-state index < -0.39 is 0 Å². The first-order chi connectivity index (χ1) is 16.6. The van der Waals surface area contributed by atoms with Crippen molar-refractivity contribution in [3.05, 3.63) is 70.9 Å².